The Morgan fingerprint density at radius 1 is 1.45 bits per heavy atom. The standard InChI is InChI=1S/C5H12N6/c1-9-11-2-10-4(7)3(6)5(11)8/h9H,2,6,8H2,1H3,(H2,7,10). The Bertz CT molecular complexity index is 217. The molecule has 1 heterocycles. The topological polar surface area (TPSA) is 106 Å². The van der Waals surface area contributed by atoms with Crippen LogP contribution in [0.25, 0.3) is 0 Å². The van der Waals surface area contributed by atoms with Gasteiger partial charge in [0.2, 0.25) is 0 Å². The van der Waals surface area contributed by atoms with Crippen LogP contribution in [0.5, 0.6) is 0 Å². The van der Waals surface area contributed by atoms with Gasteiger partial charge < -0.3 is 17.2 Å². The molecule has 0 bridgehead atoms. The second kappa shape index (κ2) is 2.67. The van der Waals surface area contributed by atoms with Gasteiger partial charge in [0.15, 0.2) is 0 Å². The largest absolute Gasteiger partial charge is 0.393 e. The maximum Gasteiger partial charge on any atom is 0.147 e. The summed E-state index contributed by atoms with van der Waals surface area (Å²) in [5.74, 6) is 0.717. The van der Waals surface area contributed by atoms with Crippen molar-refractivity contribution in [3.05, 3.63) is 11.5 Å². The van der Waals surface area contributed by atoms with Crippen molar-refractivity contribution in [2.75, 3.05) is 13.7 Å². The van der Waals surface area contributed by atoms with Gasteiger partial charge in [-0.2, -0.15) is 0 Å². The minimum atomic E-state index is 0.300. The fourth-order valence-corrected chi connectivity index (χ4v) is 0.776. The molecule has 0 aliphatic carbocycles. The third-order valence-corrected chi connectivity index (χ3v) is 1.50. The minimum absolute atomic E-state index is 0.300. The molecular weight excluding hydrogens is 144 g/mol. The van der Waals surface area contributed by atoms with Gasteiger partial charge in [0.25, 0.3) is 0 Å². The van der Waals surface area contributed by atoms with Gasteiger partial charge in [-0.15, -0.1) is 0 Å². The molecule has 0 aromatic heterocycles. The van der Waals surface area contributed by atoms with E-state index in [1.807, 2.05) is 0 Å². The van der Waals surface area contributed by atoms with Crippen LogP contribution < -0.4 is 22.6 Å². The normalized spacial score (nSPS) is 18.6. The van der Waals surface area contributed by atoms with Crippen molar-refractivity contribution in [2.45, 2.75) is 0 Å². The van der Waals surface area contributed by atoms with E-state index in [2.05, 4.69) is 10.4 Å². The zero-order chi connectivity index (χ0) is 8.43. The van der Waals surface area contributed by atoms with Crippen molar-refractivity contribution in [2.24, 2.45) is 22.2 Å². The summed E-state index contributed by atoms with van der Waals surface area (Å²) >= 11 is 0. The first kappa shape index (κ1) is 7.67. The van der Waals surface area contributed by atoms with Crippen LogP contribution in [0.3, 0.4) is 0 Å². The molecule has 6 heteroatoms. The van der Waals surface area contributed by atoms with Crippen LogP contribution in [-0.2, 0) is 0 Å². The lowest BCUT2D eigenvalue weighted by Gasteiger charge is -2.26. The quantitative estimate of drug-likeness (QED) is 0.346. The summed E-state index contributed by atoms with van der Waals surface area (Å²) < 4.78 is 0. The van der Waals surface area contributed by atoms with E-state index in [1.54, 1.807) is 12.1 Å². The van der Waals surface area contributed by atoms with Crippen molar-refractivity contribution < 1.29 is 0 Å². The van der Waals surface area contributed by atoms with E-state index in [9.17, 15) is 0 Å². The highest BCUT2D eigenvalue weighted by atomic mass is 15.6. The summed E-state index contributed by atoms with van der Waals surface area (Å²) in [6.07, 6.45) is 0. The lowest BCUT2D eigenvalue weighted by Crippen LogP contribution is -2.45. The van der Waals surface area contributed by atoms with Crippen molar-refractivity contribution in [1.82, 2.24) is 10.4 Å². The van der Waals surface area contributed by atoms with E-state index in [4.69, 9.17) is 17.2 Å². The van der Waals surface area contributed by atoms with Crippen LogP contribution in [0.2, 0.25) is 0 Å². The third kappa shape index (κ3) is 1.20. The maximum atomic E-state index is 5.58. The average Bonchev–Trinajstić information content (AvgIpc) is 2.01. The molecule has 11 heavy (non-hydrogen) atoms. The number of hydrazine groups is 1. The molecule has 1 aliphatic heterocycles. The Kier molecular flexibility index (Phi) is 1.86. The van der Waals surface area contributed by atoms with Crippen LogP contribution in [0.1, 0.15) is 0 Å². The molecule has 0 saturated carbocycles. The molecule has 0 aromatic rings. The molecule has 0 amide bonds. The minimum Gasteiger partial charge on any atom is -0.393 e. The van der Waals surface area contributed by atoms with E-state index in [0.29, 0.717) is 24.0 Å². The van der Waals surface area contributed by atoms with E-state index >= 15 is 0 Å². The summed E-state index contributed by atoms with van der Waals surface area (Å²) in [4.78, 5) is 3.91. The molecule has 0 unspecified atom stereocenters. The highest BCUT2D eigenvalue weighted by molar-refractivity contribution is 5.97. The SMILES string of the molecule is CNN1CN=C(N)C(N)=C1N. The zero-order valence-corrected chi connectivity index (χ0v) is 6.33. The number of nitrogens with two attached hydrogens (primary N) is 3. The summed E-state index contributed by atoms with van der Waals surface area (Å²) in [5.41, 5.74) is 19.6. The Hall–Kier alpha value is -1.43. The highest BCUT2D eigenvalue weighted by Gasteiger charge is 2.14. The Morgan fingerprint density at radius 3 is 2.64 bits per heavy atom. The summed E-state index contributed by atoms with van der Waals surface area (Å²) in [6.45, 7) is 0.398. The lowest BCUT2D eigenvalue weighted by molar-refractivity contribution is 0.270. The number of rotatable bonds is 1. The molecule has 1 aliphatic rings. The zero-order valence-electron chi connectivity index (χ0n) is 6.33. The van der Waals surface area contributed by atoms with Crippen LogP contribution >= 0.6 is 0 Å². The number of aliphatic imine (C=N–C) groups is 1. The van der Waals surface area contributed by atoms with E-state index in [-0.39, 0.29) is 0 Å². The number of amidine groups is 1. The fraction of sp³-hybridized carbons (Fsp3) is 0.400. The molecule has 0 radical (unpaired) electrons. The second-order valence-electron chi connectivity index (χ2n) is 2.14. The van der Waals surface area contributed by atoms with Crippen molar-refractivity contribution >= 4 is 5.84 Å². The first-order valence-electron chi connectivity index (χ1n) is 3.17. The molecule has 1 rings (SSSR count). The van der Waals surface area contributed by atoms with Gasteiger partial charge >= 0.3 is 0 Å². The predicted molar refractivity (Wildman–Crippen MR) is 42.8 cm³/mol. The Labute approximate surface area is 64.7 Å². The van der Waals surface area contributed by atoms with Crippen molar-refractivity contribution in [3.63, 3.8) is 0 Å². The number of nitrogens with zero attached hydrogens (tertiary/aromatic N) is 2. The van der Waals surface area contributed by atoms with Gasteiger partial charge in [-0.25, -0.2) is 10.4 Å². The van der Waals surface area contributed by atoms with Crippen LogP contribution in [0.15, 0.2) is 16.5 Å². The first-order valence-corrected chi connectivity index (χ1v) is 3.17. The number of hydrogen-bond acceptors (Lipinski definition) is 6. The molecule has 6 nitrogen and oxygen atoms in total. The summed E-state index contributed by atoms with van der Waals surface area (Å²) in [6, 6.07) is 0. The third-order valence-electron chi connectivity index (χ3n) is 1.50. The Balaban J connectivity index is 2.88. The first-order chi connectivity index (χ1) is 5.16. The predicted octanol–water partition coefficient (Wildman–Crippen LogP) is -2.16. The number of hydrogen-bond donors (Lipinski definition) is 4. The fourth-order valence-electron chi connectivity index (χ4n) is 0.776. The highest BCUT2D eigenvalue weighted by Crippen LogP contribution is 2.02. The maximum absolute atomic E-state index is 5.58. The molecule has 0 aromatic carbocycles. The van der Waals surface area contributed by atoms with Gasteiger partial charge in [0, 0.05) is 7.05 Å². The summed E-state index contributed by atoms with van der Waals surface area (Å²) in [5, 5.41) is 1.60. The van der Waals surface area contributed by atoms with Crippen molar-refractivity contribution in [1.29, 1.82) is 0 Å². The second-order valence-corrected chi connectivity index (χ2v) is 2.14. The molecule has 0 spiro atoms. The monoisotopic (exact) mass is 156 g/mol. The van der Waals surface area contributed by atoms with E-state index in [0.717, 1.165) is 0 Å². The Morgan fingerprint density at radius 2 is 2.09 bits per heavy atom. The van der Waals surface area contributed by atoms with Gasteiger partial charge in [-0.1, -0.05) is 0 Å². The number of nitrogens with one attached hydrogen (secondary N) is 1. The van der Waals surface area contributed by atoms with Crippen LogP contribution in [0, 0.1) is 0 Å². The van der Waals surface area contributed by atoms with Gasteiger partial charge in [-0.05, 0) is 0 Å². The molecule has 0 fully saturated rings. The van der Waals surface area contributed by atoms with Crippen LogP contribution in [0.4, 0.5) is 0 Å². The van der Waals surface area contributed by atoms with E-state index in [1.165, 1.54) is 0 Å². The molecule has 7 N–H and O–H groups in total. The van der Waals surface area contributed by atoms with Crippen molar-refractivity contribution in [3.8, 4) is 0 Å². The van der Waals surface area contributed by atoms with Gasteiger partial charge in [0.1, 0.15) is 24.0 Å². The summed E-state index contributed by atoms with van der Waals surface area (Å²) in [7, 11) is 1.73. The van der Waals surface area contributed by atoms with Gasteiger partial charge in [0.05, 0.1) is 0 Å². The average molecular weight is 156 g/mol. The molecule has 62 valence electrons. The molecular formula is C5H12N6. The van der Waals surface area contributed by atoms with Gasteiger partial charge in [-0.3, -0.25) is 5.01 Å². The lowest BCUT2D eigenvalue weighted by atomic mass is 10.4. The van der Waals surface area contributed by atoms with E-state index < -0.39 is 0 Å². The smallest absolute Gasteiger partial charge is 0.147 e. The molecule has 0 saturated heterocycles. The molecule has 0 atom stereocenters. The van der Waals surface area contributed by atoms with Crippen LogP contribution in [-0.4, -0.2) is 24.6 Å².